The third-order valence-corrected chi connectivity index (χ3v) is 4.95. The molecule has 2 aromatic rings. The number of aryl methyl sites for hydroxylation is 1. The van der Waals surface area contributed by atoms with Crippen molar-refractivity contribution in [3.05, 3.63) is 53.8 Å². The largest absolute Gasteiger partial charge is 0.443 e. The Hall–Kier alpha value is -2.61. The minimum atomic E-state index is -3.91. The van der Waals surface area contributed by atoms with Crippen molar-refractivity contribution in [1.82, 2.24) is 0 Å². The first kappa shape index (κ1) is 20.7. The second-order valence-corrected chi connectivity index (χ2v) is 8.80. The van der Waals surface area contributed by atoms with E-state index in [4.69, 9.17) is 4.74 Å². The zero-order valence-corrected chi connectivity index (χ0v) is 16.7. The monoisotopic (exact) mass is 394 g/mol. The van der Waals surface area contributed by atoms with Crippen LogP contribution in [0.1, 0.15) is 26.3 Å². The van der Waals surface area contributed by atoms with Crippen LogP contribution in [0.25, 0.3) is 0 Å². The predicted octanol–water partition coefficient (Wildman–Crippen LogP) is 4.31. The number of carbonyl (C=O) groups excluding carboxylic acids is 1. The molecule has 0 spiro atoms. The highest BCUT2D eigenvalue weighted by atomic mass is 32.2. The van der Waals surface area contributed by atoms with Gasteiger partial charge in [0.15, 0.2) is 0 Å². The van der Waals surface area contributed by atoms with E-state index in [1.807, 2.05) is 6.92 Å². The smallest absolute Gasteiger partial charge is 0.414 e. The summed E-state index contributed by atoms with van der Waals surface area (Å²) < 4.78 is 46.7. The molecule has 0 bridgehead atoms. The van der Waals surface area contributed by atoms with Crippen LogP contribution in [-0.2, 0) is 14.8 Å². The van der Waals surface area contributed by atoms with Crippen LogP contribution in [0.4, 0.5) is 20.6 Å². The summed E-state index contributed by atoms with van der Waals surface area (Å²) in [5.41, 5.74) is 0.270. The molecular formula is C19H23FN2O4S. The molecule has 2 rings (SSSR count). The number of rotatable bonds is 4. The average Bonchev–Trinajstić information content (AvgIpc) is 2.54. The van der Waals surface area contributed by atoms with Crippen molar-refractivity contribution in [2.45, 2.75) is 38.2 Å². The average molecular weight is 394 g/mol. The van der Waals surface area contributed by atoms with Gasteiger partial charge in [-0.1, -0.05) is 17.7 Å². The van der Waals surface area contributed by atoms with Gasteiger partial charge in [-0.15, -0.1) is 0 Å². The van der Waals surface area contributed by atoms with E-state index in [-0.39, 0.29) is 16.3 Å². The molecule has 8 heteroatoms. The van der Waals surface area contributed by atoms with E-state index in [0.717, 1.165) is 22.6 Å². The molecule has 146 valence electrons. The van der Waals surface area contributed by atoms with E-state index < -0.39 is 27.5 Å². The van der Waals surface area contributed by atoms with E-state index in [0.29, 0.717) is 0 Å². The molecule has 1 N–H and O–H groups in total. The lowest BCUT2D eigenvalue weighted by Gasteiger charge is -2.26. The molecule has 0 atom stereocenters. The van der Waals surface area contributed by atoms with Crippen LogP contribution >= 0.6 is 0 Å². The highest BCUT2D eigenvalue weighted by Gasteiger charge is 2.24. The summed E-state index contributed by atoms with van der Waals surface area (Å²) in [5, 5.41) is 0. The number of halogens is 1. The fourth-order valence-electron chi connectivity index (χ4n) is 2.22. The standard InChI is InChI=1S/C19H23FN2O4S/c1-13-6-9-15(10-7-13)27(24,25)21-16-11-8-14(20)12-17(16)22(5)18(23)26-19(2,3)4/h6-12,21H,1-5H3. The number of anilines is 2. The molecule has 0 aromatic heterocycles. The molecule has 0 saturated carbocycles. The Morgan fingerprint density at radius 3 is 2.26 bits per heavy atom. The van der Waals surface area contributed by atoms with Gasteiger partial charge in [0.05, 0.1) is 16.3 Å². The van der Waals surface area contributed by atoms with Crippen molar-refractivity contribution >= 4 is 27.5 Å². The molecule has 0 aliphatic carbocycles. The van der Waals surface area contributed by atoms with E-state index in [9.17, 15) is 17.6 Å². The van der Waals surface area contributed by atoms with Crippen LogP contribution in [-0.4, -0.2) is 27.2 Å². The fraction of sp³-hybridized carbons (Fsp3) is 0.316. The summed E-state index contributed by atoms with van der Waals surface area (Å²) in [6, 6.07) is 9.73. The Kier molecular flexibility index (Phi) is 5.79. The second-order valence-electron chi connectivity index (χ2n) is 7.12. The van der Waals surface area contributed by atoms with Gasteiger partial charge in [-0.25, -0.2) is 17.6 Å². The van der Waals surface area contributed by atoms with Gasteiger partial charge in [0, 0.05) is 7.05 Å². The molecule has 0 saturated heterocycles. The first-order valence-corrected chi connectivity index (χ1v) is 9.73. The molecular weight excluding hydrogens is 371 g/mol. The first-order valence-electron chi connectivity index (χ1n) is 8.25. The fourth-order valence-corrected chi connectivity index (χ4v) is 3.29. The number of amides is 1. The molecule has 0 aliphatic rings. The van der Waals surface area contributed by atoms with Gasteiger partial charge in [-0.05, 0) is 58.0 Å². The number of benzene rings is 2. The van der Waals surface area contributed by atoms with E-state index >= 15 is 0 Å². The van der Waals surface area contributed by atoms with Gasteiger partial charge in [-0.3, -0.25) is 9.62 Å². The summed E-state index contributed by atoms with van der Waals surface area (Å²) in [6.07, 6.45) is -0.733. The third-order valence-electron chi connectivity index (χ3n) is 3.56. The number of hydrogen-bond donors (Lipinski definition) is 1. The number of carbonyl (C=O) groups is 1. The third kappa shape index (κ3) is 5.43. The maximum absolute atomic E-state index is 13.8. The Labute approximate surface area is 159 Å². The van der Waals surface area contributed by atoms with E-state index in [1.54, 1.807) is 32.9 Å². The van der Waals surface area contributed by atoms with Gasteiger partial charge in [-0.2, -0.15) is 0 Å². The lowest BCUT2D eigenvalue weighted by atomic mass is 10.2. The number of hydrogen-bond acceptors (Lipinski definition) is 4. The molecule has 6 nitrogen and oxygen atoms in total. The van der Waals surface area contributed by atoms with Gasteiger partial charge in [0.2, 0.25) is 0 Å². The SMILES string of the molecule is Cc1ccc(S(=O)(=O)Nc2ccc(F)cc2N(C)C(=O)OC(C)(C)C)cc1. The summed E-state index contributed by atoms with van der Waals surface area (Å²) in [5.74, 6) is -0.612. The zero-order chi connectivity index (χ0) is 20.4. The first-order chi connectivity index (χ1) is 12.4. The van der Waals surface area contributed by atoms with Crippen molar-refractivity contribution in [2.24, 2.45) is 0 Å². The molecule has 0 fully saturated rings. The quantitative estimate of drug-likeness (QED) is 0.839. The van der Waals surface area contributed by atoms with Crippen molar-refractivity contribution in [1.29, 1.82) is 0 Å². The summed E-state index contributed by atoms with van der Waals surface area (Å²) in [4.78, 5) is 13.4. The van der Waals surface area contributed by atoms with Crippen molar-refractivity contribution < 1.29 is 22.3 Å². The lowest BCUT2D eigenvalue weighted by Crippen LogP contribution is -2.34. The molecule has 2 aromatic carbocycles. The van der Waals surface area contributed by atoms with Gasteiger partial charge in [0.1, 0.15) is 11.4 Å². The van der Waals surface area contributed by atoms with E-state index in [1.165, 1.54) is 25.2 Å². The van der Waals surface area contributed by atoms with Gasteiger partial charge >= 0.3 is 6.09 Å². The Bertz CT molecular complexity index is 935. The Morgan fingerprint density at radius 1 is 1.11 bits per heavy atom. The molecule has 0 aliphatic heterocycles. The number of nitrogens with zero attached hydrogens (tertiary/aromatic N) is 1. The Morgan fingerprint density at radius 2 is 1.70 bits per heavy atom. The van der Waals surface area contributed by atoms with Crippen LogP contribution in [0.15, 0.2) is 47.4 Å². The summed E-state index contributed by atoms with van der Waals surface area (Å²) >= 11 is 0. The maximum Gasteiger partial charge on any atom is 0.414 e. The van der Waals surface area contributed by atoms with Crippen LogP contribution < -0.4 is 9.62 Å². The molecule has 0 heterocycles. The highest BCUT2D eigenvalue weighted by molar-refractivity contribution is 7.92. The molecule has 0 radical (unpaired) electrons. The topological polar surface area (TPSA) is 75.7 Å². The van der Waals surface area contributed by atoms with Gasteiger partial charge in [0.25, 0.3) is 10.0 Å². The highest BCUT2D eigenvalue weighted by Crippen LogP contribution is 2.29. The van der Waals surface area contributed by atoms with E-state index in [2.05, 4.69) is 4.72 Å². The second kappa shape index (κ2) is 7.56. The zero-order valence-electron chi connectivity index (χ0n) is 15.9. The maximum atomic E-state index is 13.8. The lowest BCUT2D eigenvalue weighted by molar-refractivity contribution is 0.0589. The van der Waals surface area contributed by atoms with Crippen molar-refractivity contribution in [2.75, 3.05) is 16.7 Å². The molecule has 0 unspecified atom stereocenters. The summed E-state index contributed by atoms with van der Waals surface area (Å²) in [7, 11) is -2.53. The van der Waals surface area contributed by atoms with Gasteiger partial charge < -0.3 is 4.74 Å². The number of sulfonamides is 1. The van der Waals surface area contributed by atoms with Crippen LogP contribution in [0.2, 0.25) is 0 Å². The van der Waals surface area contributed by atoms with Crippen molar-refractivity contribution in [3.63, 3.8) is 0 Å². The number of nitrogens with one attached hydrogen (secondary N) is 1. The minimum absolute atomic E-state index is 0.0416. The summed E-state index contributed by atoms with van der Waals surface area (Å²) in [6.45, 7) is 6.94. The normalized spacial score (nSPS) is 11.8. The molecule has 1 amide bonds. The van der Waals surface area contributed by atoms with Crippen LogP contribution in [0.5, 0.6) is 0 Å². The van der Waals surface area contributed by atoms with Crippen LogP contribution in [0, 0.1) is 12.7 Å². The van der Waals surface area contributed by atoms with Crippen molar-refractivity contribution in [3.8, 4) is 0 Å². The molecule has 27 heavy (non-hydrogen) atoms. The van der Waals surface area contributed by atoms with Crippen LogP contribution in [0.3, 0.4) is 0 Å². The minimum Gasteiger partial charge on any atom is -0.443 e. The number of ether oxygens (including phenoxy) is 1. The Balaban J connectivity index is 2.38. The predicted molar refractivity (Wildman–Crippen MR) is 103 cm³/mol.